The van der Waals surface area contributed by atoms with E-state index in [0.29, 0.717) is 6.61 Å². The van der Waals surface area contributed by atoms with Gasteiger partial charge in [-0.05, 0) is 13.5 Å². The van der Waals surface area contributed by atoms with E-state index in [0.717, 1.165) is 44.0 Å². The maximum absolute atomic E-state index is 5.72. The Bertz CT molecular complexity index is 425. The summed E-state index contributed by atoms with van der Waals surface area (Å²) in [6.07, 6.45) is 10.2. The van der Waals surface area contributed by atoms with Gasteiger partial charge >= 0.3 is 0 Å². The molecule has 0 aliphatic carbocycles. The molecule has 20 heavy (non-hydrogen) atoms. The van der Waals surface area contributed by atoms with Crippen LogP contribution in [-0.4, -0.2) is 49.7 Å². The van der Waals surface area contributed by atoms with E-state index in [9.17, 15) is 0 Å². The summed E-state index contributed by atoms with van der Waals surface area (Å²) >= 11 is 0. The van der Waals surface area contributed by atoms with E-state index in [4.69, 9.17) is 4.74 Å². The molecule has 0 spiro atoms. The quantitative estimate of drug-likeness (QED) is 0.746. The topological polar surface area (TPSA) is 28.6 Å². The molecular formula is C16H25N3O. The molecule has 0 amide bonds. The highest BCUT2D eigenvalue weighted by molar-refractivity contribution is 5.48. The molecule has 0 bridgehead atoms. The molecule has 1 aliphatic heterocycles. The summed E-state index contributed by atoms with van der Waals surface area (Å²) in [5.41, 5.74) is 1.16. The lowest BCUT2D eigenvalue weighted by atomic mass is 10.3. The minimum Gasteiger partial charge on any atom is -0.488 e. The van der Waals surface area contributed by atoms with Crippen molar-refractivity contribution in [1.29, 1.82) is 0 Å². The van der Waals surface area contributed by atoms with Crippen LogP contribution >= 0.6 is 0 Å². The van der Waals surface area contributed by atoms with Crippen LogP contribution in [0.3, 0.4) is 0 Å². The number of hydrogen-bond acceptors (Lipinski definition) is 4. The summed E-state index contributed by atoms with van der Waals surface area (Å²) in [5, 5.41) is 0. The monoisotopic (exact) mass is 275 g/mol. The third-order valence-corrected chi connectivity index (χ3v) is 3.54. The van der Waals surface area contributed by atoms with Crippen LogP contribution in [0.25, 0.3) is 0 Å². The Morgan fingerprint density at radius 1 is 1.20 bits per heavy atom. The van der Waals surface area contributed by atoms with Crippen molar-refractivity contribution in [2.45, 2.75) is 19.8 Å². The molecule has 0 N–H and O–H groups in total. The van der Waals surface area contributed by atoms with Gasteiger partial charge in [-0.25, -0.2) is 0 Å². The first-order chi connectivity index (χ1) is 9.79. The van der Waals surface area contributed by atoms with E-state index in [1.54, 1.807) is 6.20 Å². The minimum atomic E-state index is 0.619. The van der Waals surface area contributed by atoms with Crippen LogP contribution < -0.4 is 9.64 Å². The molecular weight excluding hydrogens is 250 g/mol. The number of piperazine rings is 1. The average Bonchev–Trinajstić information content (AvgIpc) is 2.48. The molecule has 1 saturated heterocycles. The fourth-order valence-electron chi connectivity index (χ4n) is 2.22. The van der Waals surface area contributed by atoms with Crippen LogP contribution in [0.1, 0.15) is 19.8 Å². The minimum absolute atomic E-state index is 0.619. The first-order valence-electron chi connectivity index (χ1n) is 7.46. The van der Waals surface area contributed by atoms with Crippen LogP contribution in [0.5, 0.6) is 5.75 Å². The van der Waals surface area contributed by atoms with E-state index in [1.165, 1.54) is 6.42 Å². The highest BCUT2D eigenvalue weighted by Gasteiger charge is 2.14. The summed E-state index contributed by atoms with van der Waals surface area (Å²) < 4.78 is 5.72. The van der Waals surface area contributed by atoms with Gasteiger partial charge in [0, 0.05) is 32.2 Å². The predicted molar refractivity (Wildman–Crippen MR) is 83.5 cm³/mol. The van der Waals surface area contributed by atoms with Crippen molar-refractivity contribution in [2.24, 2.45) is 0 Å². The second-order valence-corrected chi connectivity index (χ2v) is 5.24. The Labute approximate surface area is 122 Å². The van der Waals surface area contributed by atoms with Crippen LogP contribution in [-0.2, 0) is 0 Å². The fraction of sp³-hybridized carbons (Fsp3) is 0.562. The molecule has 1 aliphatic rings. The maximum Gasteiger partial charge on any atom is 0.140 e. The number of anilines is 1. The molecule has 0 atom stereocenters. The van der Waals surface area contributed by atoms with Crippen LogP contribution in [0.15, 0.2) is 30.6 Å². The highest BCUT2D eigenvalue weighted by atomic mass is 16.5. The Morgan fingerprint density at radius 2 is 2.00 bits per heavy atom. The number of likely N-dealkylation sites (N-methyl/N-ethyl adjacent to an activating group) is 1. The fourth-order valence-corrected chi connectivity index (χ4v) is 2.22. The van der Waals surface area contributed by atoms with Crippen LogP contribution in [0.2, 0.25) is 0 Å². The Hall–Kier alpha value is -1.55. The lowest BCUT2D eigenvalue weighted by Crippen LogP contribution is -2.44. The summed E-state index contributed by atoms with van der Waals surface area (Å²) in [6, 6.07) is 2.09. The first kappa shape index (κ1) is 14.9. The third kappa shape index (κ3) is 4.53. The Balaban J connectivity index is 1.87. The summed E-state index contributed by atoms with van der Waals surface area (Å²) in [5.74, 6) is 0.850. The van der Waals surface area contributed by atoms with Gasteiger partial charge in [0.25, 0.3) is 0 Å². The number of allylic oxidation sites excluding steroid dienone is 1. The SMILES string of the molecule is CCC/C=C/COc1cncc(N2CCN(C)CC2)c1. The van der Waals surface area contributed by atoms with Gasteiger partial charge in [0.2, 0.25) is 0 Å². The smallest absolute Gasteiger partial charge is 0.140 e. The number of aromatic nitrogens is 1. The summed E-state index contributed by atoms with van der Waals surface area (Å²) in [7, 11) is 2.16. The van der Waals surface area contributed by atoms with Gasteiger partial charge in [-0.2, -0.15) is 0 Å². The van der Waals surface area contributed by atoms with Gasteiger partial charge < -0.3 is 14.5 Å². The van der Waals surface area contributed by atoms with Crippen molar-refractivity contribution < 1.29 is 4.74 Å². The second kappa shape index (κ2) is 7.90. The number of ether oxygens (including phenoxy) is 1. The molecule has 1 aromatic rings. The van der Waals surface area contributed by atoms with E-state index in [2.05, 4.69) is 47.0 Å². The third-order valence-electron chi connectivity index (χ3n) is 3.54. The molecule has 0 aromatic carbocycles. The van der Waals surface area contributed by atoms with Crippen molar-refractivity contribution in [3.05, 3.63) is 30.6 Å². The van der Waals surface area contributed by atoms with Crippen molar-refractivity contribution in [3.63, 3.8) is 0 Å². The zero-order chi connectivity index (χ0) is 14.2. The second-order valence-electron chi connectivity index (χ2n) is 5.24. The van der Waals surface area contributed by atoms with Crippen molar-refractivity contribution >= 4 is 5.69 Å². The largest absolute Gasteiger partial charge is 0.488 e. The highest BCUT2D eigenvalue weighted by Crippen LogP contribution is 2.20. The van der Waals surface area contributed by atoms with E-state index < -0.39 is 0 Å². The number of unbranched alkanes of at least 4 members (excludes halogenated alkanes) is 1. The lowest BCUT2D eigenvalue weighted by molar-refractivity contribution is 0.312. The van der Waals surface area contributed by atoms with E-state index in [-0.39, 0.29) is 0 Å². The molecule has 0 unspecified atom stereocenters. The zero-order valence-corrected chi connectivity index (χ0v) is 12.6. The van der Waals surface area contributed by atoms with Crippen molar-refractivity contribution in [2.75, 3.05) is 44.7 Å². The lowest BCUT2D eigenvalue weighted by Gasteiger charge is -2.33. The summed E-state index contributed by atoms with van der Waals surface area (Å²) in [4.78, 5) is 9.01. The number of rotatable bonds is 6. The first-order valence-corrected chi connectivity index (χ1v) is 7.46. The average molecular weight is 275 g/mol. The Morgan fingerprint density at radius 3 is 2.75 bits per heavy atom. The molecule has 1 fully saturated rings. The van der Waals surface area contributed by atoms with Crippen molar-refractivity contribution in [3.8, 4) is 5.75 Å². The summed E-state index contributed by atoms with van der Waals surface area (Å²) in [6.45, 7) is 7.11. The van der Waals surface area contributed by atoms with E-state index >= 15 is 0 Å². The number of pyridine rings is 1. The molecule has 1 aromatic heterocycles. The molecule has 2 rings (SSSR count). The van der Waals surface area contributed by atoms with Crippen molar-refractivity contribution in [1.82, 2.24) is 9.88 Å². The van der Waals surface area contributed by atoms with Gasteiger partial charge in [-0.15, -0.1) is 0 Å². The zero-order valence-electron chi connectivity index (χ0n) is 12.6. The predicted octanol–water partition coefficient (Wildman–Crippen LogP) is 2.57. The molecule has 4 heteroatoms. The van der Waals surface area contributed by atoms with Crippen LogP contribution in [0.4, 0.5) is 5.69 Å². The number of hydrogen-bond donors (Lipinski definition) is 0. The van der Waals surface area contributed by atoms with Gasteiger partial charge in [0.05, 0.1) is 18.1 Å². The molecule has 4 nitrogen and oxygen atoms in total. The Kier molecular flexibility index (Phi) is 5.87. The number of nitrogens with zero attached hydrogens (tertiary/aromatic N) is 3. The molecule has 0 saturated carbocycles. The van der Waals surface area contributed by atoms with Gasteiger partial charge in [-0.3, -0.25) is 4.98 Å². The molecule has 110 valence electrons. The molecule has 0 radical (unpaired) electrons. The maximum atomic E-state index is 5.72. The van der Waals surface area contributed by atoms with E-state index in [1.807, 2.05) is 6.20 Å². The van der Waals surface area contributed by atoms with Gasteiger partial charge in [0.15, 0.2) is 0 Å². The standard InChI is InChI=1S/C16H25N3O/c1-3-4-5-6-11-20-16-12-15(13-17-14-16)19-9-7-18(2)8-10-19/h5-6,12-14H,3-4,7-11H2,1-2H3/b6-5+. The van der Waals surface area contributed by atoms with Crippen LogP contribution in [0, 0.1) is 0 Å². The van der Waals surface area contributed by atoms with Gasteiger partial charge in [-0.1, -0.05) is 25.5 Å². The normalized spacial score (nSPS) is 16.8. The molecule has 2 heterocycles. The van der Waals surface area contributed by atoms with Gasteiger partial charge in [0.1, 0.15) is 12.4 Å².